The average Bonchev–Trinajstić information content (AvgIpc) is 3.34. The van der Waals surface area contributed by atoms with Gasteiger partial charge in [0.05, 0.1) is 50.7 Å². The Morgan fingerprint density at radius 1 is 0.438 bits per heavy atom. The van der Waals surface area contributed by atoms with Gasteiger partial charge in [-0.25, -0.2) is 0 Å². The molecule has 5 aromatic carbocycles. The Morgan fingerprint density at radius 3 is 1.17 bits per heavy atom. The van der Waals surface area contributed by atoms with Gasteiger partial charge in [-0.2, -0.15) is 10.5 Å². The summed E-state index contributed by atoms with van der Waals surface area (Å²) in [6.45, 7) is 5.76. The van der Waals surface area contributed by atoms with E-state index in [0.717, 1.165) is 81.7 Å². The van der Waals surface area contributed by atoms with E-state index in [1.54, 1.807) is 14.2 Å². The number of hydrogen-bond donors (Lipinski definition) is 0. The van der Waals surface area contributed by atoms with E-state index in [4.69, 9.17) is 18.9 Å². The third kappa shape index (κ3) is 15.2. The zero-order chi connectivity index (χ0) is 45.2. The van der Waals surface area contributed by atoms with Crippen LogP contribution in [0.15, 0.2) is 109 Å². The van der Waals surface area contributed by atoms with Crippen molar-refractivity contribution in [2.45, 2.75) is 90.9 Å². The maximum atomic E-state index is 9.99. The number of allylic oxidation sites excluding steroid dienone is 2. The fourth-order valence-electron chi connectivity index (χ4n) is 7.42. The second-order valence-electron chi connectivity index (χ2n) is 15.9. The molecule has 0 bridgehead atoms. The normalized spacial score (nSPS) is 11.7. The number of para-hydroxylation sites is 2. The Kier molecular flexibility index (Phi) is 20.6. The lowest BCUT2D eigenvalue weighted by Gasteiger charge is -2.16. The Bertz CT molecular complexity index is 2240. The van der Waals surface area contributed by atoms with Crippen molar-refractivity contribution in [3.63, 3.8) is 0 Å². The van der Waals surface area contributed by atoms with Crippen molar-refractivity contribution < 1.29 is 18.9 Å². The summed E-state index contributed by atoms with van der Waals surface area (Å²) in [6, 6.07) is 40.4. The van der Waals surface area contributed by atoms with Crippen molar-refractivity contribution in [2.75, 3.05) is 27.4 Å². The number of unbranched alkanes of at least 4 members (excludes halogenated alkanes) is 10. The van der Waals surface area contributed by atoms with Gasteiger partial charge < -0.3 is 18.9 Å². The van der Waals surface area contributed by atoms with E-state index in [-0.39, 0.29) is 0 Å². The van der Waals surface area contributed by atoms with E-state index in [2.05, 4.69) is 86.7 Å². The molecule has 0 N–H and O–H groups in total. The molecule has 0 radical (unpaired) electrons. The first-order valence-corrected chi connectivity index (χ1v) is 23.0. The predicted octanol–water partition coefficient (Wildman–Crippen LogP) is 15.7. The van der Waals surface area contributed by atoms with E-state index in [1.165, 1.54) is 51.4 Å². The van der Waals surface area contributed by atoms with Crippen LogP contribution in [0.5, 0.6) is 23.0 Å². The van der Waals surface area contributed by atoms with Gasteiger partial charge in [-0.1, -0.05) is 175 Å². The highest BCUT2D eigenvalue weighted by Crippen LogP contribution is 2.34. The molecule has 0 aliphatic rings. The summed E-state index contributed by atoms with van der Waals surface area (Å²) >= 11 is 0. The number of hydrogen-bond acceptors (Lipinski definition) is 6. The molecule has 0 amide bonds. The number of rotatable bonds is 26. The maximum absolute atomic E-state index is 9.99. The molecular formula is C58H64N2O4. The summed E-state index contributed by atoms with van der Waals surface area (Å²) in [5, 5.41) is 20.0. The van der Waals surface area contributed by atoms with Crippen LogP contribution in [0.3, 0.4) is 0 Å². The molecule has 0 atom stereocenters. The zero-order valence-corrected chi connectivity index (χ0v) is 38.3. The molecule has 0 spiro atoms. The lowest BCUT2D eigenvalue weighted by atomic mass is 10.0. The summed E-state index contributed by atoms with van der Waals surface area (Å²) in [5.74, 6) is 2.96. The van der Waals surface area contributed by atoms with Gasteiger partial charge in [-0.15, -0.1) is 0 Å². The van der Waals surface area contributed by atoms with Crippen LogP contribution in [0.25, 0.3) is 47.6 Å². The molecule has 6 heteroatoms. The van der Waals surface area contributed by atoms with E-state index < -0.39 is 0 Å². The molecule has 0 unspecified atom stereocenters. The van der Waals surface area contributed by atoms with Crippen LogP contribution in [0.1, 0.15) is 135 Å². The van der Waals surface area contributed by atoms with Crippen LogP contribution >= 0.6 is 0 Å². The van der Waals surface area contributed by atoms with Crippen molar-refractivity contribution in [3.8, 4) is 35.1 Å². The lowest BCUT2D eigenvalue weighted by Crippen LogP contribution is -2.03. The van der Waals surface area contributed by atoms with Crippen molar-refractivity contribution in [1.82, 2.24) is 0 Å². The average molecular weight is 853 g/mol. The quantitative estimate of drug-likeness (QED) is 0.0313. The largest absolute Gasteiger partial charge is 0.496 e. The van der Waals surface area contributed by atoms with Crippen LogP contribution in [0, 0.1) is 22.7 Å². The minimum Gasteiger partial charge on any atom is -0.496 e. The third-order valence-electron chi connectivity index (χ3n) is 11.1. The number of benzene rings is 5. The van der Waals surface area contributed by atoms with Crippen LogP contribution < -0.4 is 18.9 Å². The minimum atomic E-state index is 0.541. The van der Waals surface area contributed by atoms with Crippen molar-refractivity contribution >= 4 is 47.6 Å². The molecule has 330 valence electrons. The molecule has 0 fully saturated rings. The second-order valence-corrected chi connectivity index (χ2v) is 15.9. The molecule has 5 rings (SSSR count). The molecule has 0 aliphatic heterocycles. The van der Waals surface area contributed by atoms with E-state index >= 15 is 0 Å². The Morgan fingerprint density at radius 2 is 0.797 bits per heavy atom. The Labute approximate surface area is 382 Å². The van der Waals surface area contributed by atoms with E-state index in [1.807, 2.05) is 84.9 Å². The topological polar surface area (TPSA) is 84.5 Å². The molecular weight excluding hydrogens is 789 g/mol. The van der Waals surface area contributed by atoms with Gasteiger partial charge in [0.25, 0.3) is 0 Å². The molecule has 0 aromatic heterocycles. The van der Waals surface area contributed by atoms with Gasteiger partial charge in [0, 0.05) is 22.3 Å². The Balaban J connectivity index is 1.43. The van der Waals surface area contributed by atoms with Crippen LogP contribution in [0.4, 0.5) is 0 Å². The summed E-state index contributed by atoms with van der Waals surface area (Å²) in [5.41, 5.74) is 8.41. The fraction of sp³-hybridized carbons (Fsp3) is 0.310. The number of methoxy groups -OCH3 is 2. The monoisotopic (exact) mass is 852 g/mol. The number of ether oxygens (including phenoxy) is 4. The van der Waals surface area contributed by atoms with Gasteiger partial charge >= 0.3 is 0 Å². The molecule has 0 saturated carbocycles. The van der Waals surface area contributed by atoms with Gasteiger partial charge in [0.2, 0.25) is 0 Å². The van der Waals surface area contributed by atoms with Crippen molar-refractivity contribution in [3.05, 3.63) is 154 Å². The number of nitrogens with zero attached hydrogens (tertiary/aromatic N) is 2. The van der Waals surface area contributed by atoms with Crippen molar-refractivity contribution in [2.24, 2.45) is 0 Å². The molecule has 0 saturated heterocycles. The van der Waals surface area contributed by atoms with Crippen LogP contribution in [-0.4, -0.2) is 27.4 Å². The zero-order valence-electron chi connectivity index (χ0n) is 38.3. The summed E-state index contributed by atoms with van der Waals surface area (Å²) in [6.07, 6.45) is 26.4. The van der Waals surface area contributed by atoms with Gasteiger partial charge in [-0.05, 0) is 83.6 Å². The minimum absolute atomic E-state index is 0.541. The van der Waals surface area contributed by atoms with Gasteiger partial charge in [0.1, 0.15) is 23.0 Å². The molecule has 0 heterocycles. The molecule has 6 nitrogen and oxygen atoms in total. The van der Waals surface area contributed by atoms with E-state index in [0.29, 0.717) is 35.9 Å². The first-order chi connectivity index (χ1) is 31.5. The molecule has 5 aromatic rings. The van der Waals surface area contributed by atoms with Crippen LogP contribution in [-0.2, 0) is 0 Å². The lowest BCUT2D eigenvalue weighted by molar-refractivity contribution is 0.295. The first kappa shape index (κ1) is 48.3. The Hall–Kier alpha value is -6.76. The predicted molar refractivity (Wildman–Crippen MR) is 268 cm³/mol. The standard InChI is InChI=1S/C58H64N2O4/c1-5-7-9-11-13-19-37-63-57-41-50(36-34-46-27-31-48(32-28-46)40-52(44-60)54-22-16-18-24-56(54)62-4)58(64-38-20-14-12-10-8-6-2)42-49(57)35-33-45-25-29-47(30-26-45)39-51(43-59)53-21-15-17-23-55(53)61-3/h15-18,21-36,39-42H,5-14,19-20,37-38H2,1-4H3/b35-33+,36-34+,51-39-,52-40-. The van der Waals surface area contributed by atoms with Gasteiger partial charge in [0.15, 0.2) is 0 Å². The summed E-state index contributed by atoms with van der Waals surface area (Å²) in [7, 11) is 3.24. The highest BCUT2D eigenvalue weighted by molar-refractivity contribution is 5.93. The van der Waals surface area contributed by atoms with Crippen molar-refractivity contribution in [1.29, 1.82) is 10.5 Å². The van der Waals surface area contributed by atoms with Crippen LogP contribution in [0.2, 0.25) is 0 Å². The molecule has 64 heavy (non-hydrogen) atoms. The smallest absolute Gasteiger partial charge is 0.127 e. The summed E-state index contributed by atoms with van der Waals surface area (Å²) in [4.78, 5) is 0. The maximum Gasteiger partial charge on any atom is 0.127 e. The SMILES string of the molecule is CCCCCCCCOc1cc(/C=C/c2ccc(/C=C(/C#N)c3ccccc3OC)cc2)c(OCCCCCCCC)cc1/C=C/c1ccc(/C=C(/C#N)c2ccccc2OC)cc1. The fourth-order valence-corrected chi connectivity index (χ4v) is 7.42. The third-order valence-corrected chi connectivity index (χ3v) is 11.1. The highest BCUT2D eigenvalue weighted by Gasteiger charge is 2.12. The van der Waals surface area contributed by atoms with E-state index in [9.17, 15) is 10.5 Å². The number of nitriles is 2. The van der Waals surface area contributed by atoms with Gasteiger partial charge in [-0.3, -0.25) is 0 Å². The highest BCUT2D eigenvalue weighted by atomic mass is 16.5. The summed E-state index contributed by atoms with van der Waals surface area (Å²) < 4.78 is 24.2. The molecule has 0 aliphatic carbocycles. The second kappa shape index (κ2) is 27.3. The first-order valence-electron chi connectivity index (χ1n) is 23.0.